The minimum absolute atomic E-state index is 0.143. The van der Waals surface area contributed by atoms with Crippen molar-refractivity contribution in [3.05, 3.63) is 47.3 Å². The number of carbonyl (C=O) groups excluding carboxylic acids is 1. The summed E-state index contributed by atoms with van der Waals surface area (Å²) in [7, 11) is 0. The molecule has 1 aromatic carbocycles. The Kier molecular flexibility index (Phi) is 5.44. The smallest absolute Gasteiger partial charge is 0.272 e. The zero-order chi connectivity index (χ0) is 15.2. The molecule has 2 rings (SSSR count). The van der Waals surface area contributed by atoms with Gasteiger partial charge in [-0.1, -0.05) is 26.0 Å². The molecule has 1 aromatic heterocycles. The number of amides is 1. The number of hydrogen-bond acceptors (Lipinski definition) is 3. The summed E-state index contributed by atoms with van der Waals surface area (Å²) in [6.45, 7) is 4.79. The highest BCUT2D eigenvalue weighted by atomic mass is 32.2. The van der Waals surface area contributed by atoms with Crippen molar-refractivity contribution in [1.29, 1.82) is 0 Å². The summed E-state index contributed by atoms with van der Waals surface area (Å²) in [5, 5.41) is 9.88. The second-order valence-electron chi connectivity index (χ2n) is 5.41. The second-order valence-corrected chi connectivity index (χ2v) is 6.29. The van der Waals surface area contributed by atoms with Gasteiger partial charge in [-0.2, -0.15) is 5.10 Å². The van der Waals surface area contributed by atoms with E-state index in [4.69, 9.17) is 0 Å². The zero-order valence-corrected chi connectivity index (χ0v) is 13.5. The number of benzene rings is 1. The van der Waals surface area contributed by atoms with E-state index < -0.39 is 0 Å². The van der Waals surface area contributed by atoms with Crippen LogP contribution in [0, 0.1) is 5.92 Å². The van der Waals surface area contributed by atoms with Crippen molar-refractivity contribution in [3.63, 3.8) is 0 Å². The molecule has 0 saturated carbocycles. The van der Waals surface area contributed by atoms with Crippen molar-refractivity contribution >= 4 is 17.7 Å². The first kappa shape index (κ1) is 15.6. The fourth-order valence-electron chi connectivity index (χ4n) is 2.04. The third-order valence-corrected chi connectivity index (χ3v) is 3.85. The lowest BCUT2D eigenvalue weighted by molar-refractivity contribution is 0.0946. The van der Waals surface area contributed by atoms with Crippen LogP contribution in [0.1, 0.15) is 35.6 Å². The van der Waals surface area contributed by atoms with Crippen LogP contribution in [-0.4, -0.2) is 22.4 Å². The number of rotatable bonds is 6. The molecule has 0 spiro atoms. The molecule has 0 aliphatic heterocycles. The zero-order valence-electron chi connectivity index (χ0n) is 12.6. The summed E-state index contributed by atoms with van der Waals surface area (Å²) in [6.07, 6.45) is 2.94. The van der Waals surface area contributed by atoms with E-state index in [-0.39, 0.29) is 5.91 Å². The minimum atomic E-state index is -0.143. The number of aromatic amines is 1. The van der Waals surface area contributed by atoms with Gasteiger partial charge in [0.1, 0.15) is 5.69 Å². The highest BCUT2D eigenvalue weighted by Crippen LogP contribution is 2.14. The SMILES string of the molecule is CSc1ccc(CNC(=O)c2cc(CC(C)C)[nH]n2)cc1. The first-order chi connectivity index (χ1) is 10.1. The monoisotopic (exact) mass is 303 g/mol. The van der Waals surface area contributed by atoms with Gasteiger partial charge in [-0.25, -0.2) is 0 Å². The van der Waals surface area contributed by atoms with Gasteiger partial charge < -0.3 is 5.32 Å². The molecule has 2 N–H and O–H groups in total. The average molecular weight is 303 g/mol. The van der Waals surface area contributed by atoms with Crippen LogP contribution in [-0.2, 0) is 13.0 Å². The van der Waals surface area contributed by atoms with Crippen molar-refractivity contribution in [2.45, 2.75) is 31.7 Å². The third kappa shape index (κ3) is 4.63. The molecule has 2 aromatic rings. The van der Waals surface area contributed by atoms with Gasteiger partial charge in [0.2, 0.25) is 0 Å². The molecule has 0 fully saturated rings. The Morgan fingerprint density at radius 1 is 1.33 bits per heavy atom. The number of nitrogens with zero attached hydrogens (tertiary/aromatic N) is 1. The fraction of sp³-hybridized carbons (Fsp3) is 0.375. The molecule has 1 amide bonds. The van der Waals surface area contributed by atoms with Crippen LogP contribution in [0.3, 0.4) is 0 Å². The van der Waals surface area contributed by atoms with Crippen molar-refractivity contribution in [1.82, 2.24) is 15.5 Å². The van der Waals surface area contributed by atoms with Crippen LogP contribution >= 0.6 is 11.8 Å². The van der Waals surface area contributed by atoms with Gasteiger partial charge in [0.25, 0.3) is 5.91 Å². The maximum Gasteiger partial charge on any atom is 0.272 e. The summed E-state index contributed by atoms with van der Waals surface area (Å²) in [5.41, 5.74) is 2.53. The predicted molar refractivity (Wildman–Crippen MR) is 86.5 cm³/mol. The summed E-state index contributed by atoms with van der Waals surface area (Å²) < 4.78 is 0. The van der Waals surface area contributed by atoms with E-state index in [1.807, 2.05) is 24.5 Å². The number of carbonyl (C=O) groups is 1. The summed E-state index contributed by atoms with van der Waals surface area (Å²) in [5.74, 6) is 0.395. The number of H-pyrrole nitrogens is 1. The Morgan fingerprint density at radius 2 is 2.05 bits per heavy atom. The third-order valence-electron chi connectivity index (χ3n) is 3.10. The van der Waals surface area contributed by atoms with E-state index in [1.54, 1.807) is 11.8 Å². The highest BCUT2D eigenvalue weighted by molar-refractivity contribution is 7.98. The molecule has 0 bridgehead atoms. The van der Waals surface area contributed by atoms with Gasteiger partial charge >= 0.3 is 0 Å². The number of nitrogens with one attached hydrogen (secondary N) is 2. The molecule has 0 radical (unpaired) electrons. The fourth-order valence-corrected chi connectivity index (χ4v) is 2.45. The van der Waals surface area contributed by atoms with Crippen LogP contribution < -0.4 is 5.32 Å². The van der Waals surface area contributed by atoms with E-state index in [0.717, 1.165) is 17.7 Å². The van der Waals surface area contributed by atoms with Crippen LogP contribution in [0.2, 0.25) is 0 Å². The maximum atomic E-state index is 12.0. The Hall–Kier alpha value is -1.75. The first-order valence-corrected chi connectivity index (χ1v) is 8.26. The van der Waals surface area contributed by atoms with Gasteiger partial charge in [-0.15, -0.1) is 11.8 Å². The second kappa shape index (κ2) is 7.31. The topological polar surface area (TPSA) is 57.8 Å². The van der Waals surface area contributed by atoms with Crippen LogP contribution in [0.5, 0.6) is 0 Å². The molecule has 5 heteroatoms. The maximum absolute atomic E-state index is 12.0. The van der Waals surface area contributed by atoms with Gasteiger partial charge in [-0.3, -0.25) is 9.89 Å². The molecular weight excluding hydrogens is 282 g/mol. The molecule has 4 nitrogen and oxygen atoms in total. The van der Waals surface area contributed by atoms with Crippen LogP contribution in [0.4, 0.5) is 0 Å². The van der Waals surface area contributed by atoms with E-state index in [0.29, 0.717) is 18.2 Å². The average Bonchev–Trinajstić information content (AvgIpc) is 2.93. The Morgan fingerprint density at radius 3 is 2.67 bits per heavy atom. The molecule has 112 valence electrons. The van der Waals surface area contributed by atoms with Gasteiger partial charge in [0.05, 0.1) is 0 Å². The van der Waals surface area contributed by atoms with Gasteiger partial charge in [0, 0.05) is 17.1 Å². The van der Waals surface area contributed by atoms with E-state index in [1.165, 1.54) is 4.90 Å². The van der Waals surface area contributed by atoms with Crippen molar-refractivity contribution in [2.75, 3.05) is 6.26 Å². The lowest BCUT2D eigenvalue weighted by Crippen LogP contribution is -2.23. The first-order valence-electron chi connectivity index (χ1n) is 7.04. The highest BCUT2D eigenvalue weighted by Gasteiger charge is 2.10. The molecule has 0 saturated heterocycles. The molecule has 0 unspecified atom stereocenters. The van der Waals surface area contributed by atoms with Gasteiger partial charge in [0.15, 0.2) is 0 Å². The van der Waals surface area contributed by atoms with Gasteiger partial charge in [-0.05, 0) is 42.4 Å². The Balaban J connectivity index is 1.90. The minimum Gasteiger partial charge on any atom is -0.347 e. The quantitative estimate of drug-likeness (QED) is 0.805. The molecule has 0 atom stereocenters. The molecule has 21 heavy (non-hydrogen) atoms. The molecule has 0 aliphatic carbocycles. The summed E-state index contributed by atoms with van der Waals surface area (Å²) >= 11 is 1.70. The summed E-state index contributed by atoms with van der Waals surface area (Å²) in [4.78, 5) is 13.3. The van der Waals surface area contributed by atoms with Crippen molar-refractivity contribution in [3.8, 4) is 0 Å². The van der Waals surface area contributed by atoms with Crippen molar-refractivity contribution in [2.24, 2.45) is 5.92 Å². The van der Waals surface area contributed by atoms with Crippen molar-refractivity contribution < 1.29 is 4.79 Å². The predicted octanol–water partition coefficient (Wildman–Crippen LogP) is 3.26. The largest absolute Gasteiger partial charge is 0.347 e. The normalized spacial score (nSPS) is 10.9. The molecular formula is C16H21N3OS. The lowest BCUT2D eigenvalue weighted by atomic mass is 10.1. The standard InChI is InChI=1S/C16H21N3OS/c1-11(2)8-13-9-15(19-18-13)16(20)17-10-12-4-6-14(21-3)7-5-12/h4-7,9,11H,8,10H2,1-3H3,(H,17,20)(H,18,19). The molecule has 0 aliphatic rings. The molecule has 1 heterocycles. The Bertz CT molecular complexity index is 590. The van der Waals surface area contributed by atoms with Crippen LogP contribution in [0.15, 0.2) is 35.2 Å². The summed E-state index contributed by atoms with van der Waals surface area (Å²) in [6, 6.07) is 10.00. The van der Waals surface area contributed by atoms with E-state index in [2.05, 4.69) is 41.5 Å². The number of aromatic nitrogens is 2. The van der Waals surface area contributed by atoms with E-state index in [9.17, 15) is 4.79 Å². The number of hydrogen-bond donors (Lipinski definition) is 2. The lowest BCUT2D eigenvalue weighted by Gasteiger charge is -2.04. The van der Waals surface area contributed by atoms with E-state index >= 15 is 0 Å². The Labute approximate surface area is 129 Å². The number of thioether (sulfide) groups is 1. The van der Waals surface area contributed by atoms with Crippen LogP contribution in [0.25, 0.3) is 0 Å².